The van der Waals surface area contributed by atoms with E-state index in [2.05, 4.69) is 25.7 Å². The van der Waals surface area contributed by atoms with Gasteiger partial charge in [0.05, 0.1) is 18.3 Å². The van der Waals surface area contributed by atoms with Crippen LogP contribution in [0.15, 0.2) is 29.6 Å². The van der Waals surface area contributed by atoms with Gasteiger partial charge in [-0.15, -0.1) is 11.3 Å². The molecule has 1 aromatic carbocycles. The van der Waals surface area contributed by atoms with E-state index in [0.29, 0.717) is 24.2 Å². The fraction of sp³-hybridized carbons (Fsp3) is 0.565. The highest BCUT2D eigenvalue weighted by atomic mass is 32.1. The number of aromatic nitrogens is 1. The van der Waals surface area contributed by atoms with E-state index in [1.807, 2.05) is 24.4 Å². The molecule has 1 aliphatic rings. The molecular formula is C23H33FN4OS. The van der Waals surface area contributed by atoms with Crippen molar-refractivity contribution in [2.75, 3.05) is 30.4 Å². The van der Waals surface area contributed by atoms with Gasteiger partial charge in [-0.25, -0.2) is 9.37 Å². The van der Waals surface area contributed by atoms with Gasteiger partial charge in [0.25, 0.3) is 0 Å². The molecule has 0 unspecified atom stereocenters. The van der Waals surface area contributed by atoms with Crippen LogP contribution < -0.4 is 9.80 Å². The van der Waals surface area contributed by atoms with Gasteiger partial charge in [0.1, 0.15) is 5.82 Å². The summed E-state index contributed by atoms with van der Waals surface area (Å²) in [5.41, 5.74) is 1.56. The molecule has 1 saturated carbocycles. The second kappa shape index (κ2) is 9.88. The first-order valence-corrected chi connectivity index (χ1v) is 11.6. The maximum atomic E-state index is 13.6. The number of amides is 1. The van der Waals surface area contributed by atoms with Crippen LogP contribution in [-0.2, 0) is 11.3 Å². The molecule has 0 spiro atoms. The average Bonchev–Trinajstić information content (AvgIpc) is 3.43. The summed E-state index contributed by atoms with van der Waals surface area (Å²) in [4.78, 5) is 24.5. The summed E-state index contributed by atoms with van der Waals surface area (Å²) in [6.07, 6.45) is 3.21. The molecule has 3 rings (SSSR count). The minimum Gasteiger partial charge on any atom is -0.345 e. The number of carbonyl (C=O) groups is 1. The van der Waals surface area contributed by atoms with E-state index in [9.17, 15) is 9.18 Å². The highest BCUT2D eigenvalue weighted by Crippen LogP contribution is 2.33. The Morgan fingerprint density at radius 1 is 1.23 bits per heavy atom. The molecule has 1 amide bonds. The molecule has 0 radical (unpaired) electrons. The minimum atomic E-state index is -0.309. The van der Waals surface area contributed by atoms with Gasteiger partial charge >= 0.3 is 0 Å². The molecule has 2 aromatic rings. The van der Waals surface area contributed by atoms with Gasteiger partial charge in [-0.1, -0.05) is 13.8 Å². The zero-order valence-electron chi connectivity index (χ0n) is 18.6. The van der Waals surface area contributed by atoms with Gasteiger partial charge in [0, 0.05) is 23.7 Å². The van der Waals surface area contributed by atoms with Crippen molar-refractivity contribution in [3.05, 3.63) is 41.2 Å². The van der Waals surface area contributed by atoms with E-state index in [-0.39, 0.29) is 17.8 Å². The van der Waals surface area contributed by atoms with Crippen LogP contribution in [0.5, 0.6) is 0 Å². The summed E-state index contributed by atoms with van der Waals surface area (Å²) >= 11 is 1.63. The Hall–Kier alpha value is -1.99. The smallest absolute Gasteiger partial charge is 0.244 e. The number of hydrogen-bond acceptors (Lipinski definition) is 5. The lowest BCUT2D eigenvalue weighted by Crippen LogP contribution is -2.46. The molecule has 0 bridgehead atoms. The van der Waals surface area contributed by atoms with E-state index in [1.165, 1.54) is 25.0 Å². The molecule has 1 aliphatic carbocycles. The fourth-order valence-corrected chi connectivity index (χ4v) is 4.63. The fourth-order valence-electron chi connectivity index (χ4n) is 3.68. The summed E-state index contributed by atoms with van der Waals surface area (Å²) in [5.74, 6) is 0.0970. The van der Waals surface area contributed by atoms with E-state index in [0.717, 1.165) is 23.8 Å². The first kappa shape index (κ1) is 22.7. The summed E-state index contributed by atoms with van der Waals surface area (Å²) in [5, 5.41) is 3.06. The molecule has 0 saturated heterocycles. The highest BCUT2D eigenvalue weighted by Gasteiger charge is 2.31. The normalized spacial score (nSPS) is 14.9. The molecule has 164 valence electrons. The third-order valence-corrected chi connectivity index (χ3v) is 6.37. The number of nitrogens with zero attached hydrogens (tertiary/aromatic N) is 4. The molecule has 7 heteroatoms. The molecule has 0 N–H and O–H groups in total. The Morgan fingerprint density at radius 3 is 2.43 bits per heavy atom. The SMILES string of the molecule is CCN(c1nc(CN(C(=O)[C@H](CC(C)C)N(C)C)c2ccc(F)cc2)cs1)C1CC1. The largest absolute Gasteiger partial charge is 0.345 e. The lowest BCUT2D eigenvalue weighted by Gasteiger charge is -2.31. The minimum absolute atomic E-state index is 0.0180. The van der Waals surface area contributed by atoms with Crippen molar-refractivity contribution in [2.24, 2.45) is 5.92 Å². The lowest BCUT2D eigenvalue weighted by molar-refractivity contribution is -0.123. The molecule has 1 fully saturated rings. The van der Waals surface area contributed by atoms with Crippen LogP contribution in [0.1, 0.15) is 45.7 Å². The molecule has 1 heterocycles. The van der Waals surface area contributed by atoms with E-state index in [1.54, 1.807) is 28.4 Å². The van der Waals surface area contributed by atoms with Crippen molar-refractivity contribution >= 4 is 28.1 Å². The predicted molar refractivity (Wildman–Crippen MR) is 123 cm³/mol. The van der Waals surface area contributed by atoms with Crippen LogP contribution in [-0.4, -0.2) is 48.5 Å². The van der Waals surface area contributed by atoms with Crippen LogP contribution in [0.25, 0.3) is 0 Å². The molecular weight excluding hydrogens is 399 g/mol. The zero-order valence-corrected chi connectivity index (χ0v) is 19.5. The summed E-state index contributed by atoms with van der Waals surface area (Å²) in [7, 11) is 3.87. The van der Waals surface area contributed by atoms with Crippen molar-refractivity contribution in [3.63, 3.8) is 0 Å². The quantitative estimate of drug-likeness (QED) is 0.542. The van der Waals surface area contributed by atoms with Crippen LogP contribution >= 0.6 is 11.3 Å². The number of benzene rings is 1. The van der Waals surface area contributed by atoms with Crippen molar-refractivity contribution in [2.45, 2.75) is 58.7 Å². The number of rotatable bonds is 10. The Bertz CT molecular complexity index is 832. The van der Waals surface area contributed by atoms with Crippen LogP contribution in [0, 0.1) is 11.7 Å². The van der Waals surface area contributed by atoms with E-state index >= 15 is 0 Å². The topological polar surface area (TPSA) is 39.7 Å². The van der Waals surface area contributed by atoms with Crippen molar-refractivity contribution < 1.29 is 9.18 Å². The second-order valence-electron chi connectivity index (χ2n) is 8.65. The number of thiazole rings is 1. The highest BCUT2D eigenvalue weighted by molar-refractivity contribution is 7.13. The Morgan fingerprint density at radius 2 is 1.90 bits per heavy atom. The number of hydrogen-bond donors (Lipinski definition) is 0. The Balaban J connectivity index is 1.87. The molecule has 5 nitrogen and oxygen atoms in total. The summed E-state index contributed by atoms with van der Waals surface area (Å²) in [6.45, 7) is 7.72. The lowest BCUT2D eigenvalue weighted by atomic mass is 10.0. The van der Waals surface area contributed by atoms with Crippen molar-refractivity contribution in [1.82, 2.24) is 9.88 Å². The van der Waals surface area contributed by atoms with Crippen molar-refractivity contribution in [1.29, 1.82) is 0 Å². The first-order chi connectivity index (χ1) is 14.3. The second-order valence-corrected chi connectivity index (χ2v) is 9.48. The maximum Gasteiger partial charge on any atom is 0.244 e. The molecule has 1 atom stereocenters. The number of anilines is 2. The van der Waals surface area contributed by atoms with Crippen LogP contribution in [0.4, 0.5) is 15.2 Å². The monoisotopic (exact) mass is 432 g/mol. The summed E-state index contributed by atoms with van der Waals surface area (Å²) in [6, 6.07) is 6.51. The number of likely N-dealkylation sites (N-methyl/N-ethyl adjacent to an activating group) is 1. The third-order valence-electron chi connectivity index (χ3n) is 5.44. The van der Waals surface area contributed by atoms with Crippen molar-refractivity contribution in [3.8, 4) is 0 Å². The van der Waals surface area contributed by atoms with Gasteiger partial charge in [0.2, 0.25) is 5.91 Å². The van der Waals surface area contributed by atoms with E-state index < -0.39 is 0 Å². The van der Waals surface area contributed by atoms with Gasteiger partial charge in [-0.3, -0.25) is 9.69 Å². The van der Waals surface area contributed by atoms with Gasteiger partial charge in [-0.05, 0) is 70.5 Å². The molecule has 30 heavy (non-hydrogen) atoms. The molecule has 0 aliphatic heterocycles. The van der Waals surface area contributed by atoms with E-state index in [4.69, 9.17) is 4.98 Å². The molecule has 1 aromatic heterocycles. The number of halogens is 1. The predicted octanol–water partition coefficient (Wildman–Crippen LogP) is 4.78. The van der Waals surface area contributed by atoms with Gasteiger partial charge in [-0.2, -0.15) is 0 Å². The standard InChI is InChI=1S/C23H33FN4OS/c1-6-27(19-11-12-19)23-25-18(15-30-23)14-28(20-9-7-17(24)8-10-20)22(29)21(26(4)5)13-16(2)3/h7-10,15-16,19,21H,6,11-14H2,1-5H3/t21-/m0/s1. The summed E-state index contributed by atoms with van der Waals surface area (Å²) < 4.78 is 13.5. The van der Waals surface area contributed by atoms with Gasteiger partial charge in [0.15, 0.2) is 5.13 Å². The maximum absolute atomic E-state index is 13.6. The average molecular weight is 433 g/mol. The van der Waals surface area contributed by atoms with Gasteiger partial charge < -0.3 is 9.80 Å². The Kier molecular flexibility index (Phi) is 7.47. The zero-order chi connectivity index (χ0) is 21.8. The number of carbonyl (C=O) groups excluding carboxylic acids is 1. The third kappa shape index (κ3) is 5.58. The first-order valence-electron chi connectivity index (χ1n) is 10.7. The Labute approximate surface area is 183 Å². The van der Waals surface area contributed by atoms with Crippen LogP contribution in [0.3, 0.4) is 0 Å². The van der Waals surface area contributed by atoms with Crippen LogP contribution in [0.2, 0.25) is 0 Å².